The van der Waals surface area contributed by atoms with E-state index in [-0.39, 0.29) is 12.1 Å². The molecule has 1 aliphatic carbocycles. The number of carbonyl (C=O) groups excluding carboxylic acids is 2. The maximum Gasteiger partial charge on any atom is 0.302 e. The van der Waals surface area contributed by atoms with Gasteiger partial charge >= 0.3 is 5.97 Å². The lowest BCUT2D eigenvalue weighted by Crippen LogP contribution is -2.15. The van der Waals surface area contributed by atoms with Crippen molar-refractivity contribution in [1.29, 1.82) is 0 Å². The van der Waals surface area contributed by atoms with Crippen LogP contribution in [0.25, 0.3) is 0 Å². The van der Waals surface area contributed by atoms with Crippen molar-refractivity contribution in [3.05, 3.63) is 11.6 Å². The first-order valence-electron chi connectivity index (χ1n) is 4.51. The molecule has 0 bridgehead atoms. The van der Waals surface area contributed by atoms with Gasteiger partial charge in [0, 0.05) is 19.8 Å². The fourth-order valence-corrected chi connectivity index (χ4v) is 1.11. The van der Waals surface area contributed by atoms with E-state index < -0.39 is 0 Å². The minimum Gasteiger partial charge on any atom is -0.462 e. The van der Waals surface area contributed by atoms with E-state index in [1.807, 2.05) is 0 Å². The molecular formula is C10H14O3. The summed E-state index contributed by atoms with van der Waals surface area (Å²) in [6, 6.07) is 0. The smallest absolute Gasteiger partial charge is 0.302 e. The van der Waals surface area contributed by atoms with Crippen LogP contribution in [0.15, 0.2) is 11.6 Å². The Morgan fingerprint density at radius 2 is 2.23 bits per heavy atom. The number of esters is 1. The van der Waals surface area contributed by atoms with Crippen molar-refractivity contribution in [3.8, 4) is 0 Å². The van der Waals surface area contributed by atoms with Gasteiger partial charge in [0.1, 0.15) is 12.4 Å². The lowest BCUT2D eigenvalue weighted by atomic mass is 10.2. The Hall–Kier alpha value is -1.12. The Kier molecular flexibility index (Phi) is 3.68. The van der Waals surface area contributed by atoms with Crippen LogP contribution >= 0.6 is 0 Å². The summed E-state index contributed by atoms with van der Waals surface area (Å²) in [6.07, 6.45) is 5.89. The predicted molar refractivity (Wildman–Crippen MR) is 48.2 cm³/mol. The first-order valence-corrected chi connectivity index (χ1v) is 4.51. The Balaban J connectivity index is 2.31. The summed E-state index contributed by atoms with van der Waals surface area (Å²) in [7, 11) is 0. The molecule has 0 aliphatic heterocycles. The fraction of sp³-hybridized carbons (Fsp3) is 0.600. The molecule has 1 saturated carbocycles. The molecule has 0 N–H and O–H groups in total. The number of ether oxygens (including phenoxy) is 1. The second-order valence-corrected chi connectivity index (χ2v) is 3.23. The first kappa shape index (κ1) is 9.96. The van der Waals surface area contributed by atoms with E-state index in [0.717, 1.165) is 19.1 Å². The normalized spacial score (nSPS) is 16.2. The maximum absolute atomic E-state index is 10.6. The van der Waals surface area contributed by atoms with E-state index >= 15 is 0 Å². The molecule has 3 nitrogen and oxygen atoms in total. The summed E-state index contributed by atoms with van der Waals surface area (Å²) in [6.45, 7) is 1.36. The highest BCUT2D eigenvalue weighted by molar-refractivity contribution is 5.66. The summed E-state index contributed by atoms with van der Waals surface area (Å²) in [4.78, 5) is 20.9. The summed E-state index contributed by atoms with van der Waals surface area (Å²) in [5, 5.41) is 0. The third-order valence-electron chi connectivity index (χ3n) is 1.90. The van der Waals surface area contributed by atoms with Gasteiger partial charge in [0.05, 0.1) is 0 Å². The molecule has 0 aromatic rings. The van der Waals surface area contributed by atoms with Crippen molar-refractivity contribution in [2.45, 2.75) is 38.7 Å². The molecule has 1 fully saturated rings. The molecule has 1 aliphatic rings. The molecule has 1 unspecified atom stereocenters. The van der Waals surface area contributed by atoms with Crippen molar-refractivity contribution >= 4 is 12.3 Å². The summed E-state index contributed by atoms with van der Waals surface area (Å²) in [5.74, 6) is -0.318. The minimum atomic E-state index is -0.318. The number of rotatable bonds is 5. The van der Waals surface area contributed by atoms with Gasteiger partial charge in [-0.25, -0.2) is 0 Å². The number of aldehydes is 1. The molecule has 0 amide bonds. The van der Waals surface area contributed by atoms with Crippen molar-refractivity contribution in [2.24, 2.45) is 0 Å². The zero-order chi connectivity index (χ0) is 9.68. The van der Waals surface area contributed by atoms with Crippen molar-refractivity contribution in [2.75, 3.05) is 0 Å². The lowest BCUT2D eigenvalue weighted by molar-refractivity contribution is -0.146. The molecule has 0 spiro atoms. The lowest BCUT2D eigenvalue weighted by Gasteiger charge is -2.11. The van der Waals surface area contributed by atoms with Gasteiger partial charge in [0.25, 0.3) is 0 Å². The largest absolute Gasteiger partial charge is 0.462 e. The van der Waals surface area contributed by atoms with Gasteiger partial charge in [-0.3, -0.25) is 4.79 Å². The van der Waals surface area contributed by atoms with Crippen LogP contribution in [0, 0.1) is 0 Å². The van der Waals surface area contributed by atoms with Crippen LogP contribution in [-0.2, 0) is 14.3 Å². The Morgan fingerprint density at radius 3 is 2.69 bits per heavy atom. The van der Waals surface area contributed by atoms with E-state index in [2.05, 4.69) is 6.08 Å². The van der Waals surface area contributed by atoms with E-state index in [4.69, 9.17) is 4.74 Å². The second kappa shape index (κ2) is 4.80. The van der Waals surface area contributed by atoms with Crippen LogP contribution in [0.3, 0.4) is 0 Å². The van der Waals surface area contributed by atoms with Crippen LogP contribution in [0.2, 0.25) is 0 Å². The average Bonchev–Trinajstić information content (AvgIpc) is 2.82. The van der Waals surface area contributed by atoms with E-state index in [0.29, 0.717) is 12.8 Å². The zero-order valence-electron chi connectivity index (χ0n) is 7.79. The van der Waals surface area contributed by atoms with Gasteiger partial charge in [-0.05, 0) is 12.8 Å². The van der Waals surface area contributed by atoms with Crippen molar-refractivity contribution in [3.63, 3.8) is 0 Å². The highest BCUT2D eigenvalue weighted by Gasteiger charge is 2.14. The quantitative estimate of drug-likeness (QED) is 0.368. The molecule has 3 heteroatoms. The molecule has 0 saturated heterocycles. The molecule has 13 heavy (non-hydrogen) atoms. The van der Waals surface area contributed by atoms with Crippen LogP contribution in [0.5, 0.6) is 0 Å². The Bertz CT molecular complexity index is 224. The highest BCUT2D eigenvalue weighted by Crippen LogP contribution is 2.28. The summed E-state index contributed by atoms with van der Waals surface area (Å²) in [5.41, 5.74) is 1.41. The van der Waals surface area contributed by atoms with Gasteiger partial charge in [0.15, 0.2) is 0 Å². The molecular weight excluding hydrogens is 168 g/mol. The third kappa shape index (κ3) is 4.45. The third-order valence-corrected chi connectivity index (χ3v) is 1.90. The van der Waals surface area contributed by atoms with E-state index in [1.54, 1.807) is 0 Å². The fourth-order valence-electron chi connectivity index (χ4n) is 1.11. The Labute approximate surface area is 77.8 Å². The van der Waals surface area contributed by atoms with Gasteiger partial charge in [-0.15, -0.1) is 0 Å². The molecule has 0 aromatic heterocycles. The monoisotopic (exact) mass is 182 g/mol. The van der Waals surface area contributed by atoms with Crippen LogP contribution in [-0.4, -0.2) is 18.4 Å². The first-order chi connectivity index (χ1) is 6.22. The van der Waals surface area contributed by atoms with E-state index in [1.165, 1.54) is 12.5 Å². The van der Waals surface area contributed by atoms with Gasteiger partial charge in [-0.1, -0.05) is 11.6 Å². The standard InChI is InChI=1S/C10H14O3/c1-8(12)13-10(6-7-11)5-4-9-2-3-9/h4,7,10H,2-3,5-6H2,1H3. The molecule has 0 radical (unpaired) electrons. The molecule has 1 atom stereocenters. The van der Waals surface area contributed by atoms with E-state index in [9.17, 15) is 9.59 Å². The number of carbonyl (C=O) groups is 2. The van der Waals surface area contributed by atoms with Crippen molar-refractivity contribution < 1.29 is 14.3 Å². The number of hydrogen-bond donors (Lipinski definition) is 0. The van der Waals surface area contributed by atoms with Gasteiger partial charge < -0.3 is 9.53 Å². The molecule has 72 valence electrons. The number of hydrogen-bond acceptors (Lipinski definition) is 3. The minimum absolute atomic E-state index is 0.261. The van der Waals surface area contributed by atoms with Crippen LogP contribution in [0.4, 0.5) is 0 Å². The predicted octanol–water partition coefficient (Wildman–Crippen LogP) is 1.62. The zero-order valence-corrected chi connectivity index (χ0v) is 7.79. The van der Waals surface area contributed by atoms with Gasteiger partial charge in [-0.2, -0.15) is 0 Å². The van der Waals surface area contributed by atoms with Gasteiger partial charge in [0.2, 0.25) is 0 Å². The average molecular weight is 182 g/mol. The van der Waals surface area contributed by atoms with Crippen LogP contribution in [0.1, 0.15) is 32.6 Å². The Morgan fingerprint density at radius 1 is 1.54 bits per heavy atom. The molecule has 0 heterocycles. The molecule has 1 rings (SSSR count). The maximum atomic E-state index is 10.6. The second-order valence-electron chi connectivity index (χ2n) is 3.23. The van der Waals surface area contributed by atoms with Crippen molar-refractivity contribution in [1.82, 2.24) is 0 Å². The SMILES string of the molecule is CC(=O)OC(CC=O)CC=C1CC1. The van der Waals surface area contributed by atoms with Crippen LogP contribution < -0.4 is 0 Å². The molecule has 0 aromatic carbocycles. The topological polar surface area (TPSA) is 43.4 Å². The highest BCUT2D eigenvalue weighted by atomic mass is 16.5. The summed E-state index contributed by atoms with van der Waals surface area (Å²) < 4.78 is 4.95. The summed E-state index contributed by atoms with van der Waals surface area (Å²) >= 11 is 0. The number of allylic oxidation sites excluding steroid dienone is 1.